The Hall–Kier alpha value is -1.27. The molecule has 1 heterocycles. The molecule has 1 aromatic rings. The predicted octanol–water partition coefficient (Wildman–Crippen LogP) is 2.37. The smallest absolute Gasteiger partial charge is 0.120 e. The van der Waals surface area contributed by atoms with Crippen LogP contribution in [0.4, 0.5) is 0 Å². The van der Waals surface area contributed by atoms with Crippen molar-refractivity contribution in [3.8, 4) is 6.07 Å². The third kappa shape index (κ3) is 2.21. The number of aryl methyl sites for hydroxylation is 1. The quantitative estimate of drug-likeness (QED) is 0.822. The van der Waals surface area contributed by atoms with Crippen molar-refractivity contribution in [2.24, 2.45) is 5.92 Å². The molecule has 1 N–H and O–H groups in total. The normalized spacial score (nSPS) is 25.3. The summed E-state index contributed by atoms with van der Waals surface area (Å²) in [5.41, 5.74) is 1.18. The summed E-state index contributed by atoms with van der Waals surface area (Å²) in [7, 11) is 0. The van der Waals surface area contributed by atoms with E-state index in [1.807, 2.05) is 13.0 Å². The van der Waals surface area contributed by atoms with E-state index < -0.39 is 0 Å². The van der Waals surface area contributed by atoms with Crippen LogP contribution in [0.15, 0.2) is 16.7 Å². The number of nitriles is 1. The van der Waals surface area contributed by atoms with Crippen LogP contribution in [0, 0.1) is 24.2 Å². The average molecular weight is 204 g/mol. The molecule has 0 saturated heterocycles. The van der Waals surface area contributed by atoms with E-state index in [9.17, 15) is 0 Å². The van der Waals surface area contributed by atoms with Gasteiger partial charge in [0.15, 0.2) is 0 Å². The lowest BCUT2D eigenvalue weighted by atomic mass is 10.1. The maximum absolute atomic E-state index is 8.93. The summed E-state index contributed by atoms with van der Waals surface area (Å²) in [6.07, 6.45) is 5.01. The van der Waals surface area contributed by atoms with Crippen molar-refractivity contribution in [2.75, 3.05) is 0 Å². The van der Waals surface area contributed by atoms with Gasteiger partial charge in [0.2, 0.25) is 0 Å². The van der Waals surface area contributed by atoms with Crippen molar-refractivity contribution in [1.29, 1.82) is 5.26 Å². The zero-order valence-electron chi connectivity index (χ0n) is 8.99. The van der Waals surface area contributed by atoms with Crippen LogP contribution in [-0.2, 0) is 6.54 Å². The second kappa shape index (κ2) is 4.50. The standard InChI is InChI=1S/C12H16N2O/c1-9-5-6-15-12(9)8-14-11-4-2-3-10(11)7-13/h5-6,10-11,14H,2-4,8H2,1H3. The van der Waals surface area contributed by atoms with E-state index in [1.165, 1.54) is 5.56 Å². The van der Waals surface area contributed by atoms with Gasteiger partial charge in [-0.1, -0.05) is 6.42 Å². The molecule has 1 aromatic heterocycles. The van der Waals surface area contributed by atoms with E-state index in [1.54, 1.807) is 6.26 Å². The molecule has 1 saturated carbocycles. The van der Waals surface area contributed by atoms with Gasteiger partial charge in [-0.25, -0.2) is 0 Å². The molecule has 1 fully saturated rings. The monoisotopic (exact) mass is 204 g/mol. The van der Waals surface area contributed by atoms with Crippen molar-refractivity contribution in [1.82, 2.24) is 5.32 Å². The molecule has 2 atom stereocenters. The number of hydrogen-bond acceptors (Lipinski definition) is 3. The summed E-state index contributed by atoms with van der Waals surface area (Å²) < 4.78 is 5.35. The largest absolute Gasteiger partial charge is 0.468 e. The van der Waals surface area contributed by atoms with Crippen LogP contribution in [-0.4, -0.2) is 6.04 Å². The average Bonchev–Trinajstić information content (AvgIpc) is 2.83. The Kier molecular flexibility index (Phi) is 3.08. The summed E-state index contributed by atoms with van der Waals surface area (Å²) in [5, 5.41) is 12.3. The molecule has 0 radical (unpaired) electrons. The van der Waals surface area contributed by atoms with Gasteiger partial charge in [0.1, 0.15) is 5.76 Å². The maximum Gasteiger partial charge on any atom is 0.120 e. The summed E-state index contributed by atoms with van der Waals surface area (Å²) in [6, 6.07) is 4.68. The fourth-order valence-corrected chi connectivity index (χ4v) is 2.17. The minimum atomic E-state index is 0.181. The van der Waals surface area contributed by atoms with Gasteiger partial charge in [-0.2, -0.15) is 5.26 Å². The van der Waals surface area contributed by atoms with E-state index in [-0.39, 0.29) is 5.92 Å². The Bertz CT molecular complexity index is 364. The van der Waals surface area contributed by atoms with Crippen LogP contribution in [0.2, 0.25) is 0 Å². The molecule has 1 aliphatic rings. The highest BCUT2D eigenvalue weighted by atomic mass is 16.3. The summed E-state index contributed by atoms with van der Waals surface area (Å²) >= 11 is 0. The lowest BCUT2D eigenvalue weighted by molar-refractivity contribution is 0.417. The molecule has 0 amide bonds. The predicted molar refractivity (Wildman–Crippen MR) is 57.0 cm³/mol. The summed E-state index contributed by atoms with van der Waals surface area (Å²) in [6.45, 7) is 2.78. The van der Waals surface area contributed by atoms with Crippen molar-refractivity contribution in [3.63, 3.8) is 0 Å². The Morgan fingerprint density at radius 1 is 1.60 bits per heavy atom. The molecular formula is C12H16N2O. The van der Waals surface area contributed by atoms with E-state index in [2.05, 4.69) is 11.4 Å². The molecule has 0 bridgehead atoms. The van der Waals surface area contributed by atoms with Gasteiger partial charge < -0.3 is 9.73 Å². The van der Waals surface area contributed by atoms with Crippen LogP contribution in [0.25, 0.3) is 0 Å². The molecule has 0 aromatic carbocycles. The van der Waals surface area contributed by atoms with Crippen LogP contribution in [0.1, 0.15) is 30.6 Å². The summed E-state index contributed by atoms with van der Waals surface area (Å²) in [4.78, 5) is 0. The zero-order chi connectivity index (χ0) is 10.7. The van der Waals surface area contributed by atoms with Crippen molar-refractivity contribution in [2.45, 2.75) is 38.8 Å². The lowest BCUT2D eigenvalue weighted by Crippen LogP contribution is -2.31. The van der Waals surface area contributed by atoms with Crippen LogP contribution < -0.4 is 5.32 Å². The molecule has 15 heavy (non-hydrogen) atoms. The highest BCUT2D eigenvalue weighted by Crippen LogP contribution is 2.25. The van der Waals surface area contributed by atoms with Gasteiger partial charge in [0.05, 0.1) is 24.8 Å². The van der Waals surface area contributed by atoms with E-state index in [0.29, 0.717) is 6.04 Å². The molecule has 0 spiro atoms. The lowest BCUT2D eigenvalue weighted by Gasteiger charge is -2.14. The SMILES string of the molecule is Cc1ccoc1CNC1CCCC1C#N. The Labute approximate surface area is 90.1 Å². The number of rotatable bonds is 3. The van der Waals surface area contributed by atoms with Crippen molar-refractivity contribution < 1.29 is 4.42 Å². The van der Waals surface area contributed by atoms with Gasteiger partial charge in [-0.3, -0.25) is 0 Å². The minimum Gasteiger partial charge on any atom is -0.468 e. The molecule has 2 unspecified atom stereocenters. The number of nitrogens with one attached hydrogen (secondary N) is 1. The third-order valence-corrected chi connectivity index (χ3v) is 3.17. The second-order valence-corrected chi connectivity index (χ2v) is 4.18. The summed E-state index contributed by atoms with van der Waals surface area (Å²) in [5.74, 6) is 1.17. The Morgan fingerprint density at radius 2 is 2.47 bits per heavy atom. The van der Waals surface area contributed by atoms with E-state index in [4.69, 9.17) is 9.68 Å². The zero-order valence-corrected chi connectivity index (χ0v) is 8.99. The first-order chi connectivity index (χ1) is 7.31. The molecule has 80 valence electrons. The Balaban J connectivity index is 1.89. The van der Waals surface area contributed by atoms with Gasteiger partial charge in [-0.15, -0.1) is 0 Å². The molecule has 2 rings (SSSR count). The molecule has 0 aliphatic heterocycles. The first-order valence-electron chi connectivity index (χ1n) is 5.47. The first-order valence-corrected chi connectivity index (χ1v) is 5.47. The van der Waals surface area contributed by atoms with Gasteiger partial charge in [0, 0.05) is 6.04 Å². The van der Waals surface area contributed by atoms with Gasteiger partial charge in [0.25, 0.3) is 0 Å². The maximum atomic E-state index is 8.93. The van der Waals surface area contributed by atoms with Crippen molar-refractivity contribution in [3.05, 3.63) is 23.7 Å². The minimum absolute atomic E-state index is 0.181. The van der Waals surface area contributed by atoms with Crippen molar-refractivity contribution >= 4 is 0 Å². The van der Waals surface area contributed by atoms with Crippen LogP contribution in [0.3, 0.4) is 0 Å². The van der Waals surface area contributed by atoms with Gasteiger partial charge >= 0.3 is 0 Å². The number of hydrogen-bond donors (Lipinski definition) is 1. The van der Waals surface area contributed by atoms with E-state index in [0.717, 1.165) is 31.6 Å². The third-order valence-electron chi connectivity index (χ3n) is 3.17. The van der Waals surface area contributed by atoms with E-state index >= 15 is 0 Å². The fraction of sp³-hybridized carbons (Fsp3) is 0.583. The number of nitrogens with zero attached hydrogens (tertiary/aromatic N) is 1. The molecule has 3 heteroatoms. The topological polar surface area (TPSA) is 49.0 Å². The highest BCUT2D eigenvalue weighted by molar-refractivity contribution is 5.14. The fourth-order valence-electron chi connectivity index (χ4n) is 2.17. The highest BCUT2D eigenvalue weighted by Gasteiger charge is 2.26. The van der Waals surface area contributed by atoms with Crippen LogP contribution >= 0.6 is 0 Å². The number of furan rings is 1. The Morgan fingerprint density at radius 3 is 3.13 bits per heavy atom. The first kappa shape index (κ1) is 10.3. The van der Waals surface area contributed by atoms with Gasteiger partial charge in [-0.05, 0) is 31.4 Å². The molecule has 1 aliphatic carbocycles. The second-order valence-electron chi connectivity index (χ2n) is 4.18. The molecule has 3 nitrogen and oxygen atoms in total. The molecular weight excluding hydrogens is 188 g/mol. The van der Waals surface area contributed by atoms with Crippen LogP contribution in [0.5, 0.6) is 0 Å².